The Hall–Kier alpha value is -1.17. The van der Waals surface area contributed by atoms with E-state index in [0.717, 1.165) is 6.20 Å². The van der Waals surface area contributed by atoms with E-state index in [1.54, 1.807) is 0 Å². The molecule has 14 heavy (non-hydrogen) atoms. The Kier molecular flexibility index (Phi) is 3.82. The van der Waals surface area contributed by atoms with E-state index < -0.39 is 6.55 Å². The van der Waals surface area contributed by atoms with Crippen LogP contribution < -0.4 is 5.32 Å². The summed E-state index contributed by atoms with van der Waals surface area (Å²) in [5.41, 5.74) is 0.365. The lowest BCUT2D eigenvalue weighted by Crippen LogP contribution is -2.24. The van der Waals surface area contributed by atoms with Crippen LogP contribution in [0.2, 0.25) is 0 Å². The van der Waals surface area contributed by atoms with Gasteiger partial charge in [0.1, 0.15) is 5.88 Å². The van der Waals surface area contributed by atoms with Gasteiger partial charge in [-0.05, 0) is 6.07 Å². The normalized spacial score (nSPS) is 10.6. The minimum absolute atomic E-state index is 0.102. The molecule has 0 aliphatic heterocycles. The monoisotopic (exact) mass is 223 g/mol. The molecule has 4 nitrogen and oxygen atoms in total. The average molecular weight is 224 g/mol. The fourth-order valence-corrected chi connectivity index (χ4v) is 0.911. The predicted molar refractivity (Wildman–Crippen MR) is 46.0 cm³/mol. The number of hydrogen-bond donors (Lipinski definition) is 1. The van der Waals surface area contributed by atoms with Crippen molar-refractivity contribution in [2.45, 2.75) is 13.1 Å². The van der Waals surface area contributed by atoms with Gasteiger partial charge in [0.2, 0.25) is 5.91 Å². The second-order valence-electron chi connectivity index (χ2n) is 2.48. The molecule has 1 aromatic rings. The highest BCUT2D eigenvalue weighted by Crippen LogP contribution is 2.08. The summed E-state index contributed by atoms with van der Waals surface area (Å²) in [4.78, 5) is 10.7. The third-order valence-corrected chi connectivity index (χ3v) is 1.69. The second kappa shape index (κ2) is 4.90. The Labute approximate surface area is 83.8 Å². The molecule has 1 N–H and O–H groups in total. The van der Waals surface area contributed by atoms with Crippen molar-refractivity contribution in [3.05, 3.63) is 18.0 Å². The standard InChI is InChI=1S/C7H8ClF2N3O/c8-3-6(14)11-4-5-1-2-13(12-5)7(9)10/h1-2,7H,3-4H2,(H,11,14). The molecule has 0 aromatic carbocycles. The number of hydrogen-bond acceptors (Lipinski definition) is 2. The van der Waals surface area contributed by atoms with Crippen molar-refractivity contribution in [2.75, 3.05) is 5.88 Å². The van der Waals surface area contributed by atoms with Crippen LogP contribution >= 0.6 is 11.6 Å². The van der Waals surface area contributed by atoms with Gasteiger partial charge < -0.3 is 5.32 Å². The highest BCUT2D eigenvalue weighted by molar-refractivity contribution is 6.27. The zero-order valence-corrected chi connectivity index (χ0v) is 7.84. The molecule has 0 atom stereocenters. The van der Waals surface area contributed by atoms with E-state index in [9.17, 15) is 13.6 Å². The third kappa shape index (κ3) is 2.95. The number of amides is 1. The first-order chi connectivity index (χ1) is 6.63. The Morgan fingerprint density at radius 3 is 2.93 bits per heavy atom. The molecule has 0 aliphatic carbocycles. The number of carbonyl (C=O) groups is 1. The van der Waals surface area contributed by atoms with Crippen LogP contribution in [0.4, 0.5) is 8.78 Å². The first-order valence-electron chi connectivity index (χ1n) is 3.78. The highest BCUT2D eigenvalue weighted by atomic mass is 35.5. The molecule has 7 heteroatoms. The van der Waals surface area contributed by atoms with Crippen LogP contribution in [0.5, 0.6) is 0 Å². The number of aromatic nitrogens is 2. The second-order valence-corrected chi connectivity index (χ2v) is 2.74. The van der Waals surface area contributed by atoms with Crippen LogP contribution in [0.1, 0.15) is 12.2 Å². The zero-order chi connectivity index (χ0) is 10.6. The lowest BCUT2D eigenvalue weighted by atomic mass is 10.4. The maximum absolute atomic E-state index is 12.0. The van der Waals surface area contributed by atoms with Gasteiger partial charge in [0.15, 0.2) is 0 Å². The number of alkyl halides is 3. The molecule has 1 aromatic heterocycles. The van der Waals surface area contributed by atoms with Crippen molar-refractivity contribution in [3.8, 4) is 0 Å². The van der Waals surface area contributed by atoms with Crippen LogP contribution in [0.15, 0.2) is 12.3 Å². The summed E-state index contributed by atoms with van der Waals surface area (Å²) in [6, 6.07) is 1.40. The van der Waals surface area contributed by atoms with E-state index in [1.807, 2.05) is 0 Å². The Morgan fingerprint density at radius 2 is 2.43 bits per heavy atom. The summed E-state index contributed by atoms with van der Waals surface area (Å²) in [6.07, 6.45) is 1.15. The summed E-state index contributed by atoms with van der Waals surface area (Å²) in [5, 5.41) is 5.93. The van der Waals surface area contributed by atoms with Gasteiger partial charge in [-0.1, -0.05) is 0 Å². The molecular weight excluding hydrogens is 216 g/mol. The third-order valence-electron chi connectivity index (χ3n) is 1.45. The van der Waals surface area contributed by atoms with E-state index in [4.69, 9.17) is 11.6 Å². The van der Waals surface area contributed by atoms with Gasteiger partial charge in [0, 0.05) is 6.20 Å². The molecule has 0 saturated carbocycles. The van der Waals surface area contributed by atoms with Crippen LogP contribution in [-0.2, 0) is 11.3 Å². The van der Waals surface area contributed by atoms with Crippen molar-refractivity contribution in [1.82, 2.24) is 15.1 Å². The van der Waals surface area contributed by atoms with E-state index in [-0.39, 0.29) is 18.3 Å². The minimum Gasteiger partial charge on any atom is -0.349 e. The quantitative estimate of drug-likeness (QED) is 0.778. The highest BCUT2D eigenvalue weighted by Gasteiger charge is 2.07. The topological polar surface area (TPSA) is 46.9 Å². The number of carbonyl (C=O) groups excluding carboxylic acids is 1. The summed E-state index contributed by atoms with van der Waals surface area (Å²) in [6.45, 7) is -2.56. The molecule has 0 unspecified atom stereocenters. The molecule has 0 aliphatic rings. The molecule has 0 saturated heterocycles. The molecule has 0 radical (unpaired) electrons. The van der Waals surface area contributed by atoms with E-state index in [0.29, 0.717) is 10.4 Å². The lowest BCUT2D eigenvalue weighted by molar-refractivity contribution is -0.118. The van der Waals surface area contributed by atoms with Gasteiger partial charge >= 0.3 is 6.55 Å². The van der Waals surface area contributed by atoms with Gasteiger partial charge in [0.05, 0.1) is 12.2 Å². The van der Waals surface area contributed by atoms with Gasteiger partial charge in [-0.2, -0.15) is 13.9 Å². The Bertz CT molecular complexity index is 316. The summed E-state index contributed by atoms with van der Waals surface area (Å²) in [5.74, 6) is -0.520. The molecule has 1 heterocycles. The number of nitrogens with zero attached hydrogens (tertiary/aromatic N) is 2. The lowest BCUT2D eigenvalue weighted by Gasteiger charge is -1.99. The first kappa shape index (κ1) is 10.9. The number of nitrogens with one attached hydrogen (secondary N) is 1. The van der Waals surface area contributed by atoms with Crippen molar-refractivity contribution < 1.29 is 13.6 Å². The SMILES string of the molecule is O=C(CCl)NCc1ccn(C(F)F)n1. The van der Waals surface area contributed by atoms with Crippen molar-refractivity contribution in [3.63, 3.8) is 0 Å². The van der Waals surface area contributed by atoms with Crippen molar-refractivity contribution in [1.29, 1.82) is 0 Å². The molecule has 0 spiro atoms. The first-order valence-corrected chi connectivity index (χ1v) is 4.32. The van der Waals surface area contributed by atoms with Crippen LogP contribution in [0, 0.1) is 0 Å². The zero-order valence-electron chi connectivity index (χ0n) is 7.08. The number of halogens is 3. The van der Waals surface area contributed by atoms with Crippen LogP contribution in [0.25, 0.3) is 0 Å². The molecule has 1 rings (SSSR count). The van der Waals surface area contributed by atoms with Gasteiger partial charge in [0.25, 0.3) is 0 Å². The van der Waals surface area contributed by atoms with Gasteiger partial charge in [-0.25, -0.2) is 4.68 Å². The molecule has 1 amide bonds. The summed E-state index contributed by atoms with van der Waals surface area (Å²) >= 11 is 5.22. The molecule has 0 fully saturated rings. The minimum atomic E-state index is -2.66. The Balaban J connectivity index is 2.48. The summed E-state index contributed by atoms with van der Waals surface area (Å²) in [7, 11) is 0. The van der Waals surface area contributed by atoms with Gasteiger partial charge in [-0.15, -0.1) is 11.6 Å². The van der Waals surface area contributed by atoms with Gasteiger partial charge in [-0.3, -0.25) is 4.79 Å². The maximum Gasteiger partial charge on any atom is 0.333 e. The fraction of sp³-hybridized carbons (Fsp3) is 0.429. The fourth-order valence-electron chi connectivity index (χ4n) is 0.817. The Morgan fingerprint density at radius 1 is 1.71 bits per heavy atom. The van der Waals surface area contributed by atoms with E-state index in [2.05, 4.69) is 10.4 Å². The van der Waals surface area contributed by atoms with Crippen LogP contribution in [0.3, 0.4) is 0 Å². The maximum atomic E-state index is 12.0. The predicted octanol–water partition coefficient (Wildman–Crippen LogP) is 1.13. The van der Waals surface area contributed by atoms with E-state index >= 15 is 0 Å². The average Bonchev–Trinajstić information content (AvgIpc) is 2.62. The summed E-state index contributed by atoms with van der Waals surface area (Å²) < 4.78 is 24.6. The largest absolute Gasteiger partial charge is 0.349 e. The van der Waals surface area contributed by atoms with Crippen molar-refractivity contribution in [2.24, 2.45) is 0 Å². The molecule has 0 bridgehead atoms. The smallest absolute Gasteiger partial charge is 0.333 e. The molecule has 78 valence electrons. The van der Waals surface area contributed by atoms with Crippen LogP contribution in [-0.4, -0.2) is 21.6 Å². The van der Waals surface area contributed by atoms with E-state index in [1.165, 1.54) is 6.07 Å². The number of rotatable bonds is 4. The molecular formula is C7H8ClF2N3O. The van der Waals surface area contributed by atoms with Crippen molar-refractivity contribution >= 4 is 17.5 Å².